The number of hydrogen-bond donors (Lipinski definition) is 2. The standard InChI is InChI=1S/C13H20N4O/c1-9(17(2)11-4-5-11)7-16-13(18)12-6-3-10(14)8-15-12/h3,6,8-9,11H,4-5,7,14H2,1-2H3,(H,16,18). The van der Waals surface area contributed by atoms with Crippen LogP contribution in [0.15, 0.2) is 18.3 Å². The van der Waals surface area contributed by atoms with Gasteiger partial charge in [0.15, 0.2) is 0 Å². The third-order valence-corrected chi connectivity index (χ3v) is 3.40. The number of nitrogens with two attached hydrogens (primary N) is 1. The van der Waals surface area contributed by atoms with Gasteiger partial charge >= 0.3 is 0 Å². The predicted molar refractivity (Wildman–Crippen MR) is 71.2 cm³/mol. The Morgan fingerprint density at radius 3 is 2.89 bits per heavy atom. The minimum atomic E-state index is -0.147. The van der Waals surface area contributed by atoms with E-state index in [-0.39, 0.29) is 5.91 Å². The Bertz CT molecular complexity index is 414. The lowest BCUT2D eigenvalue weighted by molar-refractivity contribution is 0.0934. The van der Waals surface area contributed by atoms with Crippen molar-refractivity contribution in [2.45, 2.75) is 31.8 Å². The van der Waals surface area contributed by atoms with Crippen LogP contribution in [0.1, 0.15) is 30.3 Å². The van der Waals surface area contributed by atoms with Crippen LogP contribution in [0.2, 0.25) is 0 Å². The molecule has 1 amide bonds. The van der Waals surface area contributed by atoms with Crippen molar-refractivity contribution < 1.29 is 4.79 Å². The predicted octanol–water partition coefficient (Wildman–Crippen LogP) is 0.876. The zero-order valence-electron chi connectivity index (χ0n) is 10.9. The largest absolute Gasteiger partial charge is 0.397 e. The van der Waals surface area contributed by atoms with E-state index in [0.717, 1.165) is 0 Å². The molecule has 1 saturated carbocycles. The highest BCUT2D eigenvalue weighted by Crippen LogP contribution is 2.26. The molecule has 0 spiro atoms. The van der Waals surface area contributed by atoms with E-state index in [1.54, 1.807) is 12.1 Å². The molecule has 1 heterocycles. The Morgan fingerprint density at radius 1 is 1.61 bits per heavy atom. The highest BCUT2D eigenvalue weighted by molar-refractivity contribution is 5.92. The normalized spacial score (nSPS) is 16.6. The maximum absolute atomic E-state index is 11.8. The Hall–Kier alpha value is -1.62. The molecule has 0 saturated heterocycles. The second-order valence-electron chi connectivity index (χ2n) is 4.93. The molecule has 1 aromatic rings. The van der Waals surface area contributed by atoms with Crippen molar-refractivity contribution in [3.05, 3.63) is 24.0 Å². The molecule has 1 fully saturated rings. The van der Waals surface area contributed by atoms with Crippen LogP contribution in [0.5, 0.6) is 0 Å². The summed E-state index contributed by atoms with van der Waals surface area (Å²) in [5.41, 5.74) is 6.50. The molecular weight excluding hydrogens is 228 g/mol. The summed E-state index contributed by atoms with van der Waals surface area (Å²) < 4.78 is 0. The van der Waals surface area contributed by atoms with Crippen LogP contribution in [-0.4, -0.2) is 41.5 Å². The van der Waals surface area contributed by atoms with E-state index < -0.39 is 0 Å². The molecule has 1 aliphatic rings. The van der Waals surface area contributed by atoms with Gasteiger partial charge in [-0.05, 0) is 38.9 Å². The number of pyridine rings is 1. The number of likely N-dealkylation sites (N-methyl/N-ethyl adjacent to an activating group) is 1. The summed E-state index contributed by atoms with van der Waals surface area (Å²) in [5, 5.41) is 2.90. The van der Waals surface area contributed by atoms with Crippen molar-refractivity contribution >= 4 is 11.6 Å². The summed E-state index contributed by atoms with van der Waals surface area (Å²) in [5.74, 6) is -0.147. The fraction of sp³-hybridized carbons (Fsp3) is 0.538. The molecule has 0 bridgehead atoms. The lowest BCUT2D eigenvalue weighted by atomic mass is 10.2. The van der Waals surface area contributed by atoms with Crippen LogP contribution in [0.3, 0.4) is 0 Å². The van der Waals surface area contributed by atoms with Crippen molar-refractivity contribution in [1.82, 2.24) is 15.2 Å². The molecular formula is C13H20N4O. The van der Waals surface area contributed by atoms with Crippen molar-refractivity contribution in [2.24, 2.45) is 0 Å². The number of carbonyl (C=O) groups is 1. The molecule has 1 unspecified atom stereocenters. The molecule has 98 valence electrons. The van der Waals surface area contributed by atoms with Gasteiger partial charge in [-0.3, -0.25) is 9.69 Å². The molecule has 0 radical (unpaired) electrons. The van der Waals surface area contributed by atoms with E-state index in [4.69, 9.17) is 5.73 Å². The average molecular weight is 248 g/mol. The maximum atomic E-state index is 11.8. The van der Waals surface area contributed by atoms with Gasteiger partial charge in [-0.25, -0.2) is 4.98 Å². The number of rotatable bonds is 5. The summed E-state index contributed by atoms with van der Waals surface area (Å²) in [6.45, 7) is 2.76. The van der Waals surface area contributed by atoms with Gasteiger partial charge in [0.25, 0.3) is 5.91 Å². The number of aromatic nitrogens is 1. The summed E-state index contributed by atoms with van der Waals surface area (Å²) in [6.07, 6.45) is 4.04. The Labute approximate surface area is 107 Å². The number of nitrogen functional groups attached to an aromatic ring is 1. The summed E-state index contributed by atoms with van der Waals surface area (Å²) in [6, 6.07) is 4.36. The molecule has 5 heteroatoms. The SMILES string of the molecule is CC(CNC(=O)c1ccc(N)cn1)N(C)C1CC1. The van der Waals surface area contributed by atoms with E-state index in [9.17, 15) is 4.79 Å². The summed E-state index contributed by atoms with van der Waals surface area (Å²) in [4.78, 5) is 18.1. The second-order valence-corrected chi connectivity index (χ2v) is 4.93. The zero-order chi connectivity index (χ0) is 13.1. The Balaban J connectivity index is 1.82. The molecule has 1 aromatic heterocycles. The van der Waals surface area contributed by atoms with Gasteiger partial charge < -0.3 is 11.1 Å². The van der Waals surface area contributed by atoms with Gasteiger partial charge in [-0.2, -0.15) is 0 Å². The fourth-order valence-electron chi connectivity index (χ4n) is 1.86. The third kappa shape index (κ3) is 3.20. The van der Waals surface area contributed by atoms with E-state index in [0.29, 0.717) is 30.0 Å². The van der Waals surface area contributed by atoms with E-state index >= 15 is 0 Å². The Morgan fingerprint density at radius 2 is 2.33 bits per heavy atom. The van der Waals surface area contributed by atoms with Crippen LogP contribution < -0.4 is 11.1 Å². The maximum Gasteiger partial charge on any atom is 0.269 e. The molecule has 1 aliphatic carbocycles. The van der Waals surface area contributed by atoms with Crippen molar-refractivity contribution in [3.63, 3.8) is 0 Å². The van der Waals surface area contributed by atoms with Gasteiger partial charge in [0.05, 0.1) is 11.9 Å². The summed E-state index contributed by atoms with van der Waals surface area (Å²) in [7, 11) is 2.11. The number of nitrogens with one attached hydrogen (secondary N) is 1. The topological polar surface area (TPSA) is 71.2 Å². The average Bonchev–Trinajstić information content (AvgIpc) is 3.19. The molecule has 3 N–H and O–H groups in total. The second kappa shape index (κ2) is 5.35. The van der Waals surface area contributed by atoms with Crippen molar-refractivity contribution in [1.29, 1.82) is 0 Å². The lowest BCUT2D eigenvalue weighted by Crippen LogP contribution is -2.41. The van der Waals surface area contributed by atoms with Gasteiger partial charge in [-0.15, -0.1) is 0 Å². The van der Waals surface area contributed by atoms with Crippen LogP contribution >= 0.6 is 0 Å². The van der Waals surface area contributed by atoms with Crippen LogP contribution in [0, 0.1) is 0 Å². The van der Waals surface area contributed by atoms with Crippen LogP contribution in [0.4, 0.5) is 5.69 Å². The number of hydrogen-bond acceptors (Lipinski definition) is 4. The van der Waals surface area contributed by atoms with Crippen LogP contribution in [0.25, 0.3) is 0 Å². The summed E-state index contributed by atoms with van der Waals surface area (Å²) >= 11 is 0. The first-order valence-electron chi connectivity index (χ1n) is 6.29. The van der Waals surface area contributed by atoms with Crippen LogP contribution in [-0.2, 0) is 0 Å². The first-order valence-corrected chi connectivity index (χ1v) is 6.29. The molecule has 1 atom stereocenters. The molecule has 18 heavy (non-hydrogen) atoms. The first-order chi connectivity index (χ1) is 8.58. The van der Waals surface area contributed by atoms with E-state index in [1.807, 2.05) is 0 Å². The number of carbonyl (C=O) groups excluding carboxylic acids is 1. The zero-order valence-corrected chi connectivity index (χ0v) is 10.9. The van der Waals surface area contributed by atoms with E-state index in [1.165, 1.54) is 19.0 Å². The first kappa shape index (κ1) is 12.8. The van der Waals surface area contributed by atoms with Crippen molar-refractivity contribution in [3.8, 4) is 0 Å². The Kier molecular flexibility index (Phi) is 3.81. The molecule has 0 aromatic carbocycles. The number of anilines is 1. The highest BCUT2D eigenvalue weighted by atomic mass is 16.1. The minimum Gasteiger partial charge on any atom is -0.397 e. The number of nitrogens with zero attached hydrogens (tertiary/aromatic N) is 2. The minimum absolute atomic E-state index is 0.147. The third-order valence-electron chi connectivity index (χ3n) is 3.40. The van der Waals surface area contributed by atoms with Gasteiger partial charge in [0.2, 0.25) is 0 Å². The molecule has 5 nitrogen and oxygen atoms in total. The smallest absolute Gasteiger partial charge is 0.269 e. The lowest BCUT2D eigenvalue weighted by Gasteiger charge is -2.24. The molecule has 2 rings (SSSR count). The monoisotopic (exact) mass is 248 g/mol. The highest BCUT2D eigenvalue weighted by Gasteiger charge is 2.29. The number of amides is 1. The van der Waals surface area contributed by atoms with E-state index in [2.05, 4.69) is 29.2 Å². The van der Waals surface area contributed by atoms with Gasteiger partial charge in [-0.1, -0.05) is 0 Å². The fourth-order valence-corrected chi connectivity index (χ4v) is 1.86. The quantitative estimate of drug-likeness (QED) is 0.811. The van der Waals surface area contributed by atoms with Gasteiger partial charge in [0, 0.05) is 18.6 Å². The van der Waals surface area contributed by atoms with Crippen molar-refractivity contribution in [2.75, 3.05) is 19.3 Å². The van der Waals surface area contributed by atoms with Gasteiger partial charge in [0.1, 0.15) is 5.69 Å². The molecule has 0 aliphatic heterocycles.